The molecule has 0 bridgehead atoms. The molecule has 0 aromatic heterocycles. The van der Waals surface area contributed by atoms with Crippen LogP contribution in [0.3, 0.4) is 0 Å². The van der Waals surface area contributed by atoms with E-state index in [1.807, 2.05) is 0 Å². The molecular formula is C6H8NO4. The Labute approximate surface area is 63.7 Å². The lowest BCUT2D eigenvalue weighted by molar-refractivity contribution is -0.146. The van der Waals surface area contributed by atoms with Gasteiger partial charge in [0.15, 0.2) is 6.61 Å². The molecule has 0 aromatic rings. The summed E-state index contributed by atoms with van der Waals surface area (Å²) in [5, 5.41) is 2.15. The van der Waals surface area contributed by atoms with Crippen LogP contribution in [0.4, 0.5) is 0 Å². The fraction of sp³-hybridized carbons (Fsp3) is 0.500. The maximum Gasteiger partial charge on any atom is 0.303 e. The number of amides is 1. The lowest BCUT2D eigenvalue weighted by atomic mass is 10.6. The first-order chi connectivity index (χ1) is 5.16. The van der Waals surface area contributed by atoms with Crippen LogP contribution in [-0.2, 0) is 19.1 Å². The van der Waals surface area contributed by atoms with Gasteiger partial charge in [0.25, 0.3) is 5.91 Å². The molecule has 0 heterocycles. The van der Waals surface area contributed by atoms with Gasteiger partial charge < -0.3 is 10.1 Å². The van der Waals surface area contributed by atoms with Crippen molar-refractivity contribution in [1.82, 2.24) is 5.32 Å². The summed E-state index contributed by atoms with van der Waals surface area (Å²) in [4.78, 5) is 30.3. The van der Waals surface area contributed by atoms with Crippen LogP contribution >= 0.6 is 0 Å². The number of ether oxygens (including phenoxy) is 1. The minimum absolute atomic E-state index is 0.180. The molecule has 11 heavy (non-hydrogen) atoms. The largest absolute Gasteiger partial charge is 0.456 e. The summed E-state index contributed by atoms with van der Waals surface area (Å²) in [5.41, 5.74) is 0. The van der Waals surface area contributed by atoms with Crippen molar-refractivity contribution in [2.45, 2.75) is 6.92 Å². The zero-order valence-corrected chi connectivity index (χ0v) is 6.05. The Kier molecular flexibility index (Phi) is 4.72. The minimum Gasteiger partial charge on any atom is -0.456 e. The van der Waals surface area contributed by atoms with Gasteiger partial charge in [0, 0.05) is 6.92 Å². The SMILES string of the molecule is CC(=O)OCC(=O)NC[C]=O. The molecule has 5 nitrogen and oxygen atoms in total. The van der Waals surface area contributed by atoms with Crippen LogP contribution in [0.15, 0.2) is 0 Å². The lowest BCUT2D eigenvalue weighted by Gasteiger charge is -1.99. The summed E-state index contributed by atoms with van der Waals surface area (Å²) in [6.45, 7) is 0.663. The summed E-state index contributed by atoms with van der Waals surface area (Å²) in [6.07, 6.45) is 1.46. The molecule has 0 saturated heterocycles. The topological polar surface area (TPSA) is 72.5 Å². The monoisotopic (exact) mass is 158 g/mol. The van der Waals surface area contributed by atoms with E-state index in [1.165, 1.54) is 13.2 Å². The number of rotatable bonds is 4. The zero-order chi connectivity index (χ0) is 8.69. The number of carbonyl (C=O) groups is 2. The number of nitrogens with one attached hydrogen (secondary N) is 1. The Balaban J connectivity index is 3.37. The van der Waals surface area contributed by atoms with E-state index in [9.17, 15) is 14.4 Å². The average molecular weight is 158 g/mol. The van der Waals surface area contributed by atoms with Crippen molar-refractivity contribution in [3.63, 3.8) is 0 Å². The molecule has 0 aliphatic heterocycles. The van der Waals surface area contributed by atoms with E-state index in [4.69, 9.17) is 0 Å². The Bertz CT molecular complexity index is 166. The van der Waals surface area contributed by atoms with Crippen LogP contribution < -0.4 is 5.32 Å². The highest BCUT2D eigenvalue weighted by Gasteiger charge is 2.01. The predicted molar refractivity (Wildman–Crippen MR) is 35.3 cm³/mol. The van der Waals surface area contributed by atoms with E-state index in [1.54, 1.807) is 0 Å². The maximum absolute atomic E-state index is 10.5. The van der Waals surface area contributed by atoms with Gasteiger partial charge in [-0.05, 0) is 0 Å². The lowest BCUT2D eigenvalue weighted by Crippen LogP contribution is -2.29. The van der Waals surface area contributed by atoms with Crippen LogP contribution in [0, 0.1) is 0 Å². The first-order valence-corrected chi connectivity index (χ1v) is 2.92. The number of hydrogen-bond acceptors (Lipinski definition) is 4. The highest BCUT2D eigenvalue weighted by Crippen LogP contribution is 1.74. The second-order valence-corrected chi connectivity index (χ2v) is 1.70. The molecule has 1 amide bonds. The summed E-state index contributed by atoms with van der Waals surface area (Å²) in [6, 6.07) is 0. The molecule has 0 atom stereocenters. The molecule has 61 valence electrons. The minimum atomic E-state index is -0.532. The quantitative estimate of drug-likeness (QED) is 0.520. The second-order valence-electron chi connectivity index (χ2n) is 1.70. The van der Waals surface area contributed by atoms with Crippen molar-refractivity contribution in [1.29, 1.82) is 0 Å². The fourth-order valence-corrected chi connectivity index (χ4v) is 0.353. The molecule has 0 fully saturated rings. The van der Waals surface area contributed by atoms with Crippen molar-refractivity contribution >= 4 is 18.2 Å². The molecular weight excluding hydrogens is 150 g/mol. The van der Waals surface area contributed by atoms with E-state index >= 15 is 0 Å². The van der Waals surface area contributed by atoms with Gasteiger partial charge in [-0.3, -0.25) is 14.4 Å². The van der Waals surface area contributed by atoms with Crippen LogP contribution in [0.25, 0.3) is 0 Å². The van der Waals surface area contributed by atoms with E-state index in [-0.39, 0.29) is 13.2 Å². The number of esters is 1. The molecule has 0 aliphatic rings. The summed E-state index contributed by atoms with van der Waals surface area (Å²) >= 11 is 0. The molecule has 5 heteroatoms. The van der Waals surface area contributed by atoms with Crippen molar-refractivity contribution in [2.24, 2.45) is 0 Å². The third kappa shape index (κ3) is 6.50. The first-order valence-electron chi connectivity index (χ1n) is 2.92. The van der Waals surface area contributed by atoms with Gasteiger partial charge in [0.2, 0.25) is 6.29 Å². The molecule has 0 rings (SSSR count). The summed E-state index contributed by atoms with van der Waals surface area (Å²) < 4.78 is 4.32. The van der Waals surface area contributed by atoms with Gasteiger partial charge in [-0.1, -0.05) is 0 Å². The van der Waals surface area contributed by atoms with Gasteiger partial charge in [-0.25, -0.2) is 0 Å². The van der Waals surface area contributed by atoms with Crippen LogP contribution in [-0.4, -0.2) is 31.3 Å². The highest BCUT2D eigenvalue weighted by molar-refractivity contribution is 5.81. The number of hydrogen-bond donors (Lipinski definition) is 1. The van der Waals surface area contributed by atoms with Crippen LogP contribution in [0.2, 0.25) is 0 Å². The second kappa shape index (κ2) is 5.40. The zero-order valence-electron chi connectivity index (χ0n) is 6.05. The normalized spacial score (nSPS) is 8.45. The van der Waals surface area contributed by atoms with E-state index in [2.05, 4.69) is 10.1 Å². The van der Waals surface area contributed by atoms with E-state index in [0.717, 1.165) is 0 Å². The summed E-state index contributed by atoms with van der Waals surface area (Å²) in [7, 11) is 0. The average Bonchev–Trinajstić information content (AvgIpc) is 1.97. The van der Waals surface area contributed by atoms with E-state index in [0.29, 0.717) is 0 Å². The van der Waals surface area contributed by atoms with Crippen molar-refractivity contribution in [3.8, 4) is 0 Å². The fourth-order valence-electron chi connectivity index (χ4n) is 0.353. The molecule has 1 N–H and O–H groups in total. The molecule has 1 radical (unpaired) electrons. The standard InChI is InChI=1S/C6H8NO4/c1-5(9)11-4-6(10)7-2-3-8/h2,4H2,1H3,(H,7,10). The van der Waals surface area contributed by atoms with Gasteiger partial charge in [-0.2, -0.15) is 0 Å². The molecule has 0 aromatic carbocycles. The van der Waals surface area contributed by atoms with Crippen molar-refractivity contribution in [3.05, 3.63) is 0 Å². The van der Waals surface area contributed by atoms with Gasteiger partial charge in [0.1, 0.15) is 0 Å². The maximum atomic E-state index is 10.5. The van der Waals surface area contributed by atoms with Gasteiger partial charge in [-0.15, -0.1) is 0 Å². The Morgan fingerprint density at radius 3 is 2.64 bits per heavy atom. The Morgan fingerprint density at radius 1 is 1.55 bits per heavy atom. The van der Waals surface area contributed by atoms with Crippen molar-refractivity contribution < 1.29 is 19.1 Å². The molecule has 0 aliphatic carbocycles. The summed E-state index contributed by atoms with van der Waals surface area (Å²) in [5.74, 6) is -1.04. The molecule has 0 saturated carbocycles. The highest BCUT2D eigenvalue weighted by atomic mass is 16.5. The van der Waals surface area contributed by atoms with Gasteiger partial charge >= 0.3 is 5.97 Å². The van der Waals surface area contributed by atoms with Gasteiger partial charge in [0.05, 0.1) is 6.54 Å². The molecule has 0 unspecified atom stereocenters. The Hall–Kier alpha value is -1.39. The first kappa shape index (κ1) is 9.61. The van der Waals surface area contributed by atoms with Crippen molar-refractivity contribution in [2.75, 3.05) is 13.2 Å². The smallest absolute Gasteiger partial charge is 0.303 e. The third-order valence-corrected chi connectivity index (χ3v) is 0.764. The van der Waals surface area contributed by atoms with E-state index < -0.39 is 11.9 Å². The van der Waals surface area contributed by atoms with Crippen LogP contribution in [0.5, 0.6) is 0 Å². The number of carbonyl (C=O) groups excluding carboxylic acids is 3. The third-order valence-electron chi connectivity index (χ3n) is 0.764. The Morgan fingerprint density at radius 2 is 2.18 bits per heavy atom. The molecule has 0 spiro atoms. The predicted octanol–water partition coefficient (Wildman–Crippen LogP) is -1.22. The van der Waals surface area contributed by atoms with Crippen LogP contribution in [0.1, 0.15) is 6.92 Å².